The maximum Gasteiger partial charge on any atom is 0.308 e. The highest BCUT2D eigenvalue weighted by atomic mass is 33.1. The molecule has 0 bridgehead atoms. The molecule has 0 heterocycles. The van der Waals surface area contributed by atoms with E-state index in [-0.39, 0.29) is 25.1 Å². The van der Waals surface area contributed by atoms with E-state index in [1.807, 2.05) is 17.0 Å². The van der Waals surface area contributed by atoms with Crippen molar-refractivity contribution in [1.29, 1.82) is 0 Å². The Hall–Kier alpha value is -0.230. The predicted molar refractivity (Wildman–Crippen MR) is 123 cm³/mol. The van der Waals surface area contributed by atoms with E-state index in [1.54, 1.807) is 32.4 Å². The zero-order valence-corrected chi connectivity index (χ0v) is 19.9. The normalized spacial score (nSPS) is 10.5. The number of hydrogen-bond donors (Lipinski definition) is 2. The van der Waals surface area contributed by atoms with Gasteiger partial charge >= 0.3 is 11.9 Å². The van der Waals surface area contributed by atoms with Crippen molar-refractivity contribution in [3.63, 3.8) is 0 Å². The molecule has 28 heavy (non-hydrogen) atoms. The second-order valence-electron chi connectivity index (χ2n) is 5.54. The lowest BCUT2D eigenvalue weighted by Gasteiger charge is -2.07. The Labute approximate surface area is 184 Å². The third kappa shape index (κ3) is 20.5. The summed E-state index contributed by atoms with van der Waals surface area (Å²) in [6.45, 7) is 1.79. The van der Waals surface area contributed by atoms with Crippen molar-refractivity contribution in [2.24, 2.45) is 0 Å². The number of ether oxygens (including phenoxy) is 2. The summed E-state index contributed by atoms with van der Waals surface area (Å²) in [4.78, 5) is 34.6. The Morgan fingerprint density at radius 1 is 0.750 bits per heavy atom. The number of hydrogen-bond acceptors (Lipinski definition) is 10. The van der Waals surface area contributed by atoms with Crippen LogP contribution in [0.2, 0.25) is 0 Å². The van der Waals surface area contributed by atoms with Gasteiger partial charge in [-0.15, -0.1) is 0 Å². The summed E-state index contributed by atoms with van der Waals surface area (Å²) in [7, 11) is 6.87. The van der Waals surface area contributed by atoms with E-state index in [2.05, 4.69) is 16.9 Å². The van der Waals surface area contributed by atoms with Crippen molar-refractivity contribution < 1.29 is 23.9 Å². The Balaban J connectivity index is 3.43. The number of carbonyl (C=O) groups is 3. The van der Waals surface area contributed by atoms with Crippen LogP contribution in [0, 0.1) is 0 Å². The van der Waals surface area contributed by atoms with Gasteiger partial charge in [0.1, 0.15) is 0 Å². The molecule has 0 saturated carbocycles. The zero-order chi connectivity index (χ0) is 20.9. The molecule has 11 heteroatoms. The van der Waals surface area contributed by atoms with Gasteiger partial charge in [-0.3, -0.25) is 14.4 Å². The van der Waals surface area contributed by atoms with Crippen molar-refractivity contribution in [3.8, 4) is 0 Å². The second kappa shape index (κ2) is 21.5. The van der Waals surface area contributed by atoms with E-state index in [9.17, 15) is 14.4 Å². The maximum atomic E-state index is 11.5. The molecule has 7 nitrogen and oxygen atoms in total. The third-order valence-corrected chi connectivity index (χ3v) is 7.00. The lowest BCUT2D eigenvalue weighted by atomic mass is 10.3. The average Bonchev–Trinajstić information content (AvgIpc) is 2.67. The smallest absolute Gasteiger partial charge is 0.308 e. The monoisotopic (exact) mass is 472 g/mol. The maximum absolute atomic E-state index is 11.5. The van der Waals surface area contributed by atoms with E-state index in [0.29, 0.717) is 32.2 Å². The number of nitrogens with one attached hydrogen (secondary N) is 2. The van der Waals surface area contributed by atoms with Gasteiger partial charge in [0.25, 0.3) is 0 Å². The van der Waals surface area contributed by atoms with Crippen LogP contribution in [0.3, 0.4) is 0 Å². The van der Waals surface area contributed by atoms with Crippen LogP contribution in [0.4, 0.5) is 0 Å². The van der Waals surface area contributed by atoms with Crippen LogP contribution in [0.5, 0.6) is 0 Å². The van der Waals surface area contributed by atoms with Crippen molar-refractivity contribution in [3.05, 3.63) is 0 Å². The van der Waals surface area contributed by atoms with E-state index >= 15 is 0 Å². The molecule has 0 unspecified atom stereocenters. The van der Waals surface area contributed by atoms with Crippen LogP contribution < -0.4 is 10.6 Å². The number of carbonyl (C=O) groups excluding carboxylic acids is 3. The molecule has 0 fully saturated rings. The molecular formula is C17H32N2O5S4. The Kier molecular flexibility index (Phi) is 21.3. The van der Waals surface area contributed by atoms with Gasteiger partial charge in [0, 0.05) is 37.3 Å². The summed E-state index contributed by atoms with van der Waals surface area (Å²) < 4.78 is 9.74. The Morgan fingerprint density at radius 3 is 1.96 bits per heavy atom. The van der Waals surface area contributed by atoms with Gasteiger partial charge in [-0.05, 0) is 44.9 Å². The fraction of sp³-hybridized carbons (Fsp3) is 0.824. The van der Waals surface area contributed by atoms with Crippen LogP contribution in [0.15, 0.2) is 0 Å². The van der Waals surface area contributed by atoms with Gasteiger partial charge in [-0.2, -0.15) is 0 Å². The molecule has 2 N–H and O–H groups in total. The molecule has 0 aliphatic heterocycles. The second-order valence-corrected chi connectivity index (χ2v) is 10.9. The minimum Gasteiger partial charge on any atom is -0.428 e. The van der Waals surface area contributed by atoms with E-state index in [4.69, 9.17) is 9.47 Å². The molecule has 0 aromatic heterocycles. The van der Waals surface area contributed by atoms with Crippen LogP contribution in [-0.4, -0.2) is 68.3 Å². The van der Waals surface area contributed by atoms with E-state index in [0.717, 1.165) is 31.0 Å². The molecule has 0 rings (SSSR count). The summed E-state index contributed by atoms with van der Waals surface area (Å²) in [5.74, 6) is 1.06. The molecular weight excluding hydrogens is 440 g/mol. The highest BCUT2D eigenvalue weighted by Crippen LogP contribution is 2.17. The van der Waals surface area contributed by atoms with Crippen molar-refractivity contribution >= 4 is 61.0 Å². The summed E-state index contributed by atoms with van der Waals surface area (Å²) in [5.41, 5.74) is 0. The first kappa shape index (κ1) is 27.8. The fourth-order valence-electron chi connectivity index (χ4n) is 1.89. The van der Waals surface area contributed by atoms with Crippen LogP contribution in [0.25, 0.3) is 0 Å². The molecule has 0 aromatic carbocycles. The molecule has 0 spiro atoms. The van der Waals surface area contributed by atoms with Crippen molar-refractivity contribution in [1.82, 2.24) is 10.6 Å². The molecule has 0 aromatic rings. The average molecular weight is 473 g/mol. The van der Waals surface area contributed by atoms with Gasteiger partial charge in [-0.25, -0.2) is 0 Å². The minimum absolute atomic E-state index is 0.0165. The number of rotatable bonds is 19. The van der Waals surface area contributed by atoms with E-state index < -0.39 is 5.97 Å². The SMILES string of the molecule is CSSCCCNCCCC(=O)OCOC(=O)CCCNC(=O)CCSSC. The topological polar surface area (TPSA) is 93.7 Å². The highest BCUT2D eigenvalue weighted by Gasteiger charge is 2.07. The largest absolute Gasteiger partial charge is 0.428 e. The molecule has 0 aliphatic rings. The zero-order valence-electron chi connectivity index (χ0n) is 16.7. The number of esters is 2. The third-order valence-electron chi connectivity index (χ3n) is 3.28. The van der Waals surface area contributed by atoms with Crippen molar-refractivity contribution in [2.75, 3.05) is 50.4 Å². The number of amides is 1. The predicted octanol–water partition coefficient (Wildman–Crippen LogP) is 3.10. The molecule has 0 radical (unpaired) electrons. The first-order valence-corrected chi connectivity index (χ1v) is 14.7. The lowest BCUT2D eigenvalue weighted by molar-refractivity contribution is -0.167. The molecule has 0 atom stereocenters. The van der Waals surface area contributed by atoms with Gasteiger partial charge in [0.2, 0.25) is 12.7 Å². The summed E-state index contributed by atoms with van der Waals surface area (Å²) in [5, 5.41) is 6.03. The molecule has 164 valence electrons. The summed E-state index contributed by atoms with van der Waals surface area (Å²) in [6, 6.07) is 0. The summed E-state index contributed by atoms with van der Waals surface area (Å²) >= 11 is 0. The Bertz CT molecular complexity index is 430. The van der Waals surface area contributed by atoms with Gasteiger partial charge < -0.3 is 20.1 Å². The highest BCUT2D eigenvalue weighted by molar-refractivity contribution is 8.76. The molecule has 1 amide bonds. The van der Waals surface area contributed by atoms with E-state index in [1.165, 1.54) is 0 Å². The minimum atomic E-state index is -0.440. The molecule has 0 saturated heterocycles. The van der Waals surface area contributed by atoms with Gasteiger partial charge in [0.15, 0.2) is 0 Å². The molecule has 0 aliphatic carbocycles. The van der Waals surface area contributed by atoms with Gasteiger partial charge in [-0.1, -0.05) is 43.2 Å². The first-order chi connectivity index (χ1) is 13.6. The first-order valence-electron chi connectivity index (χ1n) is 9.20. The summed E-state index contributed by atoms with van der Waals surface area (Å²) in [6.07, 6.45) is 7.27. The lowest BCUT2D eigenvalue weighted by Crippen LogP contribution is -2.25. The van der Waals surface area contributed by atoms with Gasteiger partial charge in [0.05, 0.1) is 0 Å². The van der Waals surface area contributed by atoms with Crippen molar-refractivity contribution in [2.45, 2.75) is 38.5 Å². The van der Waals surface area contributed by atoms with Crippen LogP contribution in [-0.2, 0) is 23.9 Å². The quantitative estimate of drug-likeness (QED) is 0.126. The Morgan fingerprint density at radius 2 is 1.32 bits per heavy atom. The fourth-order valence-corrected chi connectivity index (χ4v) is 4.36. The van der Waals surface area contributed by atoms with Crippen LogP contribution >= 0.6 is 43.2 Å². The van der Waals surface area contributed by atoms with Crippen LogP contribution in [0.1, 0.15) is 38.5 Å². The standard InChI is InChI=1S/C17H32N2O5S4/c1-25-27-12-5-10-18-9-3-6-16(21)23-14-24-17(22)7-4-11-19-15(20)8-13-28-26-2/h18H,3-14H2,1-2H3,(H,19,20).